The van der Waals surface area contributed by atoms with Crippen molar-refractivity contribution in [2.45, 2.75) is 50.6 Å². The maximum atomic E-state index is 4.42. The van der Waals surface area contributed by atoms with Gasteiger partial charge in [-0.25, -0.2) is 0 Å². The number of likely N-dealkylation sites (tertiary alicyclic amines) is 2. The highest BCUT2D eigenvalue weighted by atomic mass is 15.3. The molecule has 2 aliphatic heterocycles. The number of nitrogens with zero attached hydrogens (tertiary/aromatic N) is 3. The van der Waals surface area contributed by atoms with Crippen LogP contribution >= 0.6 is 0 Å². The molecule has 2 unspecified atom stereocenters. The fraction of sp³-hybridized carbons (Fsp3) is 0.941. The van der Waals surface area contributed by atoms with E-state index in [4.69, 9.17) is 0 Å². The normalized spacial score (nSPS) is 32.0. The van der Waals surface area contributed by atoms with E-state index in [9.17, 15) is 0 Å². The van der Waals surface area contributed by atoms with Crippen LogP contribution in [0.25, 0.3) is 0 Å². The molecule has 0 radical (unpaired) electrons. The van der Waals surface area contributed by atoms with Gasteiger partial charge in [0.25, 0.3) is 0 Å². The van der Waals surface area contributed by atoms with Gasteiger partial charge < -0.3 is 15.5 Å². The van der Waals surface area contributed by atoms with Crippen LogP contribution in [-0.2, 0) is 0 Å². The molecule has 3 fully saturated rings. The Morgan fingerprint density at radius 2 is 1.91 bits per heavy atom. The topological polar surface area (TPSA) is 42.9 Å². The van der Waals surface area contributed by atoms with Crippen molar-refractivity contribution in [3.05, 3.63) is 0 Å². The zero-order valence-electron chi connectivity index (χ0n) is 14.4. The van der Waals surface area contributed by atoms with Gasteiger partial charge in [-0.3, -0.25) is 9.89 Å². The van der Waals surface area contributed by atoms with Crippen LogP contribution in [0.2, 0.25) is 0 Å². The van der Waals surface area contributed by atoms with E-state index in [1.54, 1.807) is 0 Å². The summed E-state index contributed by atoms with van der Waals surface area (Å²) in [6, 6.07) is 1.42. The molecular weight excluding hydrogens is 274 g/mol. The molecule has 5 nitrogen and oxygen atoms in total. The highest BCUT2D eigenvalue weighted by molar-refractivity contribution is 5.80. The number of aliphatic imine (C=N–C) groups is 1. The average molecular weight is 307 g/mol. The van der Waals surface area contributed by atoms with Gasteiger partial charge in [0.2, 0.25) is 0 Å². The molecule has 3 rings (SSSR count). The van der Waals surface area contributed by atoms with Crippen LogP contribution in [0.3, 0.4) is 0 Å². The Bertz CT molecular complexity index is 377. The molecule has 0 spiro atoms. The third kappa shape index (κ3) is 4.13. The largest absolute Gasteiger partial charge is 0.356 e. The summed E-state index contributed by atoms with van der Waals surface area (Å²) in [5.41, 5.74) is 0. The van der Waals surface area contributed by atoms with Crippen LogP contribution in [0.1, 0.15) is 38.5 Å². The summed E-state index contributed by atoms with van der Waals surface area (Å²) in [7, 11) is 4.10. The maximum absolute atomic E-state index is 4.42. The molecule has 0 aromatic heterocycles. The summed E-state index contributed by atoms with van der Waals surface area (Å²) in [5.74, 6) is 1.76. The summed E-state index contributed by atoms with van der Waals surface area (Å²) in [6.45, 7) is 5.94. The van der Waals surface area contributed by atoms with E-state index >= 15 is 0 Å². The van der Waals surface area contributed by atoms with Gasteiger partial charge in [-0.2, -0.15) is 0 Å². The Morgan fingerprint density at radius 3 is 2.59 bits per heavy atom. The minimum Gasteiger partial charge on any atom is -0.356 e. The third-order valence-electron chi connectivity index (χ3n) is 5.67. The van der Waals surface area contributed by atoms with Crippen molar-refractivity contribution in [2.75, 3.05) is 46.8 Å². The number of hydrogen-bond acceptors (Lipinski definition) is 3. The molecule has 0 aromatic rings. The molecule has 0 amide bonds. The van der Waals surface area contributed by atoms with Crippen LogP contribution in [0.15, 0.2) is 4.99 Å². The Balaban J connectivity index is 1.39. The van der Waals surface area contributed by atoms with Gasteiger partial charge in [0.15, 0.2) is 5.96 Å². The monoisotopic (exact) mass is 307 g/mol. The lowest BCUT2D eigenvalue weighted by atomic mass is 10.1. The predicted molar refractivity (Wildman–Crippen MR) is 92.3 cm³/mol. The van der Waals surface area contributed by atoms with Crippen molar-refractivity contribution in [1.29, 1.82) is 0 Å². The summed E-state index contributed by atoms with van der Waals surface area (Å²) in [4.78, 5) is 9.53. The summed E-state index contributed by atoms with van der Waals surface area (Å²) >= 11 is 0. The first-order valence-electron chi connectivity index (χ1n) is 9.14. The Labute approximate surface area is 135 Å². The number of rotatable bonds is 4. The lowest BCUT2D eigenvalue weighted by molar-refractivity contribution is 0.242. The smallest absolute Gasteiger partial charge is 0.191 e. The Morgan fingerprint density at radius 1 is 1.09 bits per heavy atom. The quantitative estimate of drug-likeness (QED) is 0.603. The second-order valence-corrected chi connectivity index (χ2v) is 7.43. The van der Waals surface area contributed by atoms with Crippen molar-refractivity contribution in [3.8, 4) is 0 Å². The standard InChI is InChI=1S/C17H33N5/c1-18-17(19-11-14-7-9-21(2)12-14)20-15-8-10-22(13-15)16-5-3-4-6-16/h14-16H,3-13H2,1-2H3,(H2,18,19,20). The Kier molecular flexibility index (Phi) is 5.58. The van der Waals surface area contributed by atoms with E-state index in [0.29, 0.717) is 6.04 Å². The van der Waals surface area contributed by atoms with Gasteiger partial charge in [0, 0.05) is 45.3 Å². The number of nitrogens with one attached hydrogen (secondary N) is 2. The fourth-order valence-corrected chi connectivity index (χ4v) is 4.33. The second kappa shape index (κ2) is 7.64. The van der Waals surface area contributed by atoms with Crippen molar-refractivity contribution in [3.63, 3.8) is 0 Å². The SMILES string of the molecule is CN=C(NCC1CCN(C)C1)NC1CCN(C2CCCC2)C1. The van der Waals surface area contributed by atoms with E-state index in [2.05, 4.69) is 32.5 Å². The van der Waals surface area contributed by atoms with Gasteiger partial charge in [-0.1, -0.05) is 12.8 Å². The molecule has 2 saturated heterocycles. The maximum Gasteiger partial charge on any atom is 0.191 e. The second-order valence-electron chi connectivity index (χ2n) is 7.43. The zero-order valence-corrected chi connectivity index (χ0v) is 14.4. The molecule has 3 aliphatic rings. The van der Waals surface area contributed by atoms with Gasteiger partial charge in [0.1, 0.15) is 0 Å². The summed E-state index contributed by atoms with van der Waals surface area (Å²) < 4.78 is 0. The molecule has 2 N–H and O–H groups in total. The van der Waals surface area contributed by atoms with E-state index in [-0.39, 0.29) is 0 Å². The number of hydrogen-bond donors (Lipinski definition) is 2. The summed E-state index contributed by atoms with van der Waals surface area (Å²) in [6.07, 6.45) is 8.24. The van der Waals surface area contributed by atoms with Gasteiger partial charge in [-0.15, -0.1) is 0 Å². The molecule has 1 aliphatic carbocycles. The summed E-state index contributed by atoms with van der Waals surface area (Å²) in [5, 5.41) is 7.17. The van der Waals surface area contributed by atoms with Crippen LogP contribution in [0, 0.1) is 5.92 Å². The van der Waals surface area contributed by atoms with E-state index in [0.717, 1.165) is 24.5 Å². The van der Waals surface area contributed by atoms with Crippen LogP contribution in [-0.4, -0.2) is 74.7 Å². The molecular formula is C17H33N5. The van der Waals surface area contributed by atoms with E-state index in [1.807, 2.05) is 7.05 Å². The average Bonchev–Trinajstić information content (AvgIpc) is 3.24. The van der Waals surface area contributed by atoms with E-state index in [1.165, 1.54) is 64.7 Å². The number of guanidine groups is 1. The van der Waals surface area contributed by atoms with Gasteiger partial charge in [-0.05, 0) is 45.2 Å². The molecule has 22 heavy (non-hydrogen) atoms. The molecule has 126 valence electrons. The van der Waals surface area contributed by atoms with Crippen molar-refractivity contribution < 1.29 is 0 Å². The van der Waals surface area contributed by atoms with Gasteiger partial charge in [0.05, 0.1) is 0 Å². The Hall–Kier alpha value is -0.810. The van der Waals surface area contributed by atoms with Crippen LogP contribution in [0.5, 0.6) is 0 Å². The van der Waals surface area contributed by atoms with Crippen LogP contribution in [0.4, 0.5) is 0 Å². The highest BCUT2D eigenvalue weighted by Crippen LogP contribution is 2.26. The first-order valence-corrected chi connectivity index (χ1v) is 9.14. The lowest BCUT2D eigenvalue weighted by Crippen LogP contribution is -2.46. The van der Waals surface area contributed by atoms with Crippen molar-refractivity contribution >= 4 is 5.96 Å². The molecule has 2 heterocycles. The predicted octanol–water partition coefficient (Wildman–Crippen LogP) is 1.12. The lowest BCUT2D eigenvalue weighted by Gasteiger charge is -2.24. The molecule has 1 saturated carbocycles. The molecule has 2 atom stereocenters. The fourth-order valence-electron chi connectivity index (χ4n) is 4.33. The molecule has 0 aromatic carbocycles. The molecule has 5 heteroatoms. The first kappa shape index (κ1) is 16.1. The van der Waals surface area contributed by atoms with Crippen molar-refractivity contribution in [2.24, 2.45) is 10.9 Å². The molecule has 0 bridgehead atoms. The van der Waals surface area contributed by atoms with Crippen molar-refractivity contribution in [1.82, 2.24) is 20.4 Å². The zero-order chi connectivity index (χ0) is 15.4. The third-order valence-corrected chi connectivity index (χ3v) is 5.67. The highest BCUT2D eigenvalue weighted by Gasteiger charge is 2.30. The van der Waals surface area contributed by atoms with Gasteiger partial charge >= 0.3 is 0 Å². The first-order chi connectivity index (χ1) is 10.7. The van der Waals surface area contributed by atoms with E-state index < -0.39 is 0 Å². The van der Waals surface area contributed by atoms with Crippen LogP contribution < -0.4 is 10.6 Å². The minimum atomic E-state index is 0.568. The minimum absolute atomic E-state index is 0.568.